The summed E-state index contributed by atoms with van der Waals surface area (Å²) in [6, 6.07) is 10.3. The number of nitrogens with one attached hydrogen (secondary N) is 4. The van der Waals surface area contributed by atoms with Crippen molar-refractivity contribution in [3.8, 4) is 0 Å². The first-order chi connectivity index (χ1) is 22.3. The number of fused-ring (bicyclic) bond motifs is 1. The van der Waals surface area contributed by atoms with Crippen LogP contribution in [-0.4, -0.2) is 91.0 Å². The van der Waals surface area contributed by atoms with Crippen LogP contribution in [0.5, 0.6) is 0 Å². The fourth-order valence-electron chi connectivity index (χ4n) is 4.82. The Bertz CT molecular complexity index is 2070. The van der Waals surface area contributed by atoms with Crippen LogP contribution in [0.4, 0.5) is 40.6 Å². The van der Waals surface area contributed by atoms with Crippen molar-refractivity contribution in [2.24, 2.45) is 10.2 Å². The Hall–Kier alpha value is -4.86. The van der Waals surface area contributed by atoms with Crippen molar-refractivity contribution in [1.29, 1.82) is 0 Å². The fourth-order valence-corrected chi connectivity index (χ4v) is 6.25. The molecular formula is C27H31N11O7S2. The molecule has 0 atom stereocenters. The monoisotopic (exact) mass is 685 g/mol. The molecule has 4 aromatic rings. The molecule has 8 N–H and O–H groups in total. The molecule has 1 aliphatic rings. The molecule has 1 saturated heterocycles. The lowest BCUT2D eigenvalue weighted by molar-refractivity contribution is -0.114. The van der Waals surface area contributed by atoms with Crippen LogP contribution in [0, 0.1) is 0 Å². The molecule has 0 unspecified atom stereocenters. The molecule has 20 heteroatoms. The van der Waals surface area contributed by atoms with Crippen LogP contribution in [0.25, 0.3) is 10.8 Å². The molecule has 2 heterocycles. The van der Waals surface area contributed by atoms with E-state index < -0.39 is 35.9 Å². The minimum Gasteiger partial charge on any atom is -0.368 e. The Morgan fingerprint density at radius 3 is 2.36 bits per heavy atom. The summed E-state index contributed by atoms with van der Waals surface area (Å²) in [4.78, 5) is 25.7. The van der Waals surface area contributed by atoms with E-state index in [1.165, 1.54) is 37.3 Å². The summed E-state index contributed by atoms with van der Waals surface area (Å²) in [6.45, 7) is 6.43. The molecule has 248 valence electrons. The summed E-state index contributed by atoms with van der Waals surface area (Å²) < 4.78 is 67.7. The van der Waals surface area contributed by atoms with E-state index >= 15 is 0 Å². The first kappa shape index (κ1) is 33.5. The highest BCUT2D eigenvalue weighted by molar-refractivity contribution is 7.86. The fraction of sp³-hybridized carbons (Fsp3) is 0.259. The number of anilines is 5. The van der Waals surface area contributed by atoms with E-state index in [9.17, 15) is 30.7 Å². The van der Waals surface area contributed by atoms with E-state index in [0.29, 0.717) is 12.2 Å². The summed E-state index contributed by atoms with van der Waals surface area (Å²) in [7, 11) is -9.63. The third-order valence-electron chi connectivity index (χ3n) is 6.87. The average Bonchev–Trinajstić information content (AvgIpc) is 2.99. The minimum absolute atomic E-state index is 0.0171. The molecular weight excluding hydrogens is 655 g/mol. The number of nitrogens with two attached hydrogens (primary N) is 1. The second kappa shape index (κ2) is 13.9. The number of hydrogen-bond donors (Lipinski definition) is 7. The van der Waals surface area contributed by atoms with E-state index in [1.807, 2.05) is 0 Å². The Kier molecular flexibility index (Phi) is 9.88. The van der Waals surface area contributed by atoms with Gasteiger partial charge >= 0.3 is 0 Å². The van der Waals surface area contributed by atoms with Gasteiger partial charge in [-0.15, -0.1) is 5.11 Å². The van der Waals surface area contributed by atoms with Crippen LogP contribution >= 0.6 is 0 Å². The van der Waals surface area contributed by atoms with Gasteiger partial charge in [-0.2, -0.15) is 36.9 Å². The van der Waals surface area contributed by atoms with Crippen molar-refractivity contribution in [2.45, 2.75) is 16.7 Å². The predicted octanol–water partition coefficient (Wildman–Crippen LogP) is 2.53. The molecule has 0 saturated carbocycles. The predicted molar refractivity (Wildman–Crippen MR) is 174 cm³/mol. The van der Waals surface area contributed by atoms with Crippen LogP contribution in [0.2, 0.25) is 0 Å². The van der Waals surface area contributed by atoms with Gasteiger partial charge in [0.25, 0.3) is 20.2 Å². The maximum absolute atomic E-state index is 12.1. The summed E-state index contributed by atoms with van der Waals surface area (Å²) in [5.74, 6) is -0.0408. The van der Waals surface area contributed by atoms with E-state index in [-0.39, 0.29) is 45.7 Å². The van der Waals surface area contributed by atoms with Crippen LogP contribution in [0.15, 0.2) is 68.6 Å². The number of carbonyl (C=O) groups excluding carboxylic acids is 1. The molecule has 1 amide bonds. The highest BCUT2D eigenvalue weighted by Gasteiger charge is 2.21. The lowest BCUT2D eigenvalue weighted by Crippen LogP contribution is -2.45. The molecule has 0 radical (unpaired) electrons. The quantitative estimate of drug-likeness (QED) is 0.0883. The van der Waals surface area contributed by atoms with Gasteiger partial charge in [0, 0.05) is 62.7 Å². The van der Waals surface area contributed by atoms with Crippen molar-refractivity contribution in [2.75, 3.05) is 61.0 Å². The van der Waals surface area contributed by atoms with Gasteiger partial charge in [-0.3, -0.25) is 18.8 Å². The standard InChI is InChI=1S/C27H31N11O7S2/c1-16(39)31-22-14-17(32-27-34-25(28)33-26(35-27)30-9-12-38-10-7-29-8-11-38)5-6-21(22)37-36-18-13-20-19(24(15-18)47(43,44)45)3-2-4-23(20)46(40,41)42/h2-6,13-15,29H,7-12H2,1H3,(H,31,39)(H,40,41,42)(H,43,44,45)(H4,28,30,32,33,34,35). The maximum Gasteiger partial charge on any atom is 0.295 e. The molecule has 1 fully saturated rings. The van der Waals surface area contributed by atoms with Gasteiger partial charge in [0.15, 0.2) is 0 Å². The number of hydrogen-bond acceptors (Lipinski definition) is 15. The maximum atomic E-state index is 12.1. The number of carbonyl (C=O) groups is 1. The summed E-state index contributed by atoms with van der Waals surface area (Å²) in [6.07, 6.45) is 0. The highest BCUT2D eigenvalue weighted by Crippen LogP contribution is 2.35. The topological polar surface area (TPSA) is 267 Å². The number of benzene rings is 3. The van der Waals surface area contributed by atoms with Gasteiger partial charge in [0.1, 0.15) is 15.5 Å². The van der Waals surface area contributed by atoms with Crippen molar-refractivity contribution < 1.29 is 30.7 Å². The van der Waals surface area contributed by atoms with Gasteiger partial charge in [0.2, 0.25) is 23.8 Å². The molecule has 0 spiro atoms. The SMILES string of the molecule is CC(=O)Nc1cc(Nc2nc(N)nc(NCCN3CCNCC3)n2)ccc1N=Nc1cc(S(=O)(=O)O)c2cccc(S(=O)(=O)O)c2c1. The van der Waals surface area contributed by atoms with Gasteiger partial charge in [-0.25, -0.2) is 0 Å². The minimum atomic E-state index is -4.85. The van der Waals surface area contributed by atoms with Crippen LogP contribution < -0.4 is 27.0 Å². The third-order valence-corrected chi connectivity index (χ3v) is 8.67. The summed E-state index contributed by atoms with van der Waals surface area (Å²) in [5.41, 5.74) is 6.49. The number of nitrogens with zero attached hydrogens (tertiary/aromatic N) is 6. The first-order valence-electron chi connectivity index (χ1n) is 14.1. The zero-order valence-corrected chi connectivity index (χ0v) is 26.5. The Labute approximate surface area is 269 Å². The number of amides is 1. The lowest BCUT2D eigenvalue weighted by atomic mass is 10.1. The molecule has 47 heavy (non-hydrogen) atoms. The average molecular weight is 686 g/mol. The highest BCUT2D eigenvalue weighted by atomic mass is 32.2. The molecule has 5 rings (SSSR count). The Morgan fingerprint density at radius 2 is 1.66 bits per heavy atom. The molecule has 1 aliphatic heterocycles. The van der Waals surface area contributed by atoms with E-state index in [2.05, 4.69) is 51.3 Å². The van der Waals surface area contributed by atoms with Crippen molar-refractivity contribution >= 4 is 77.5 Å². The molecule has 18 nitrogen and oxygen atoms in total. The first-order valence-corrected chi connectivity index (χ1v) is 16.9. The summed E-state index contributed by atoms with van der Waals surface area (Å²) >= 11 is 0. The number of nitrogen functional groups attached to an aromatic ring is 1. The van der Waals surface area contributed by atoms with Crippen molar-refractivity contribution in [3.05, 3.63) is 48.5 Å². The summed E-state index contributed by atoms with van der Waals surface area (Å²) in [5, 5.41) is 19.9. The van der Waals surface area contributed by atoms with Gasteiger partial charge in [-0.1, -0.05) is 12.1 Å². The lowest BCUT2D eigenvalue weighted by Gasteiger charge is -2.27. The molecule has 1 aromatic heterocycles. The van der Waals surface area contributed by atoms with E-state index in [1.54, 1.807) is 6.07 Å². The van der Waals surface area contributed by atoms with E-state index in [4.69, 9.17) is 5.73 Å². The number of piperazine rings is 1. The number of aromatic nitrogens is 3. The van der Waals surface area contributed by atoms with Gasteiger partial charge in [-0.05, 0) is 36.4 Å². The van der Waals surface area contributed by atoms with Crippen LogP contribution in [0.1, 0.15) is 6.92 Å². The van der Waals surface area contributed by atoms with Crippen LogP contribution in [0.3, 0.4) is 0 Å². The van der Waals surface area contributed by atoms with Crippen molar-refractivity contribution in [3.63, 3.8) is 0 Å². The normalized spacial score (nSPS) is 14.4. The molecule has 0 bridgehead atoms. The zero-order valence-electron chi connectivity index (χ0n) is 24.9. The van der Waals surface area contributed by atoms with Crippen molar-refractivity contribution in [1.82, 2.24) is 25.2 Å². The largest absolute Gasteiger partial charge is 0.368 e. The third kappa shape index (κ3) is 8.69. The number of rotatable bonds is 11. The smallest absolute Gasteiger partial charge is 0.295 e. The van der Waals surface area contributed by atoms with E-state index in [0.717, 1.165) is 44.9 Å². The second-order valence-electron chi connectivity index (χ2n) is 10.3. The molecule has 0 aliphatic carbocycles. The van der Waals surface area contributed by atoms with Gasteiger partial charge < -0.3 is 27.0 Å². The zero-order chi connectivity index (χ0) is 33.8. The second-order valence-corrected chi connectivity index (χ2v) is 13.1. The number of azo groups is 1. The van der Waals surface area contributed by atoms with Gasteiger partial charge in [0.05, 0.1) is 11.4 Å². The van der Waals surface area contributed by atoms with Crippen LogP contribution in [-0.2, 0) is 25.0 Å². The Morgan fingerprint density at radius 1 is 0.936 bits per heavy atom. The molecule has 3 aromatic carbocycles. The Balaban J connectivity index is 1.41.